The van der Waals surface area contributed by atoms with Crippen LogP contribution in [-0.4, -0.2) is 78.4 Å². The summed E-state index contributed by atoms with van der Waals surface area (Å²) >= 11 is 0. The summed E-state index contributed by atoms with van der Waals surface area (Å²) in [6, 6.07) is 14.6. The van der Waals surface area contributed by atoms with Crippen molar-refractivity contribution in [3.8, 4) is 5.75 Å². The molecule has 0 radical (unpaired) electrons. The van der Waals surface area contributed by atoms with Crippen LogP contribution < -0.4 is 26.0 Å². The van der Waals surface area contributed by atoms with Crippen molar-refractivity contribution in [3.63, 3.8) is 0 Å². The van der Waals surface area contributed by atoms with Crippen LogP contribution in [-0.2, 0) is 30.5 Å². The van der Waals surface area contributed by atoms with Gasteiger partial charge in [-0.3, -0.25) is 25.0 Å². The van der Waals surface area contributed by atoms with E-state index < -0.39 is 53.2 Å². The molecule has 3 heterocycles. The maximum atomic E-state index is 14.4. The normalized spacial score (nSPS) is 27.3. The van der Waals surface area contributed by atoms with Crippen molar-refractivity contribution in [2.24, 2.45) is 0 Å². The van der Waals surface area contributed by atoms with Crippen molar-refractivity contribution in [1.82, 2.24) is 21.0 Å². The highest BCUT2D eigenvalue weighted by molar-refractivity contribution is 5.91. The van der Waals surface area contributed by atoms with E-state index in [1.807, 2.05) is 30.3 Å². The highest BCUT2D eigenvalue weighted by Gasteiger charge is 2.51. The van der Waals surface area contributed by atoms with Crippen LogP contribution in [0.1, 0.15) is 31.2 Å². The summed E-state index contributed by atoms with van der Waals surface area (Å²) in [6.07, 6.45) is -3.17. The fourth-order valence-corrected chi connectivity index (χ4v) is 5.40. The van der Waals surface area contributed by atoms with Crippen LogP contribution in [0.25, 0.3) is 0 Å². The van der Waals surface area contributed by atoms with E-state index in [0.717, 1.165) is 10.6 Å². The summed E-state index contributed by atoms with van der Waals surface area (Å²) in [5.41, 5.74) is 1.27. The molecule has 5 atom stereocenters. The van der Waals surface area contributed by atoms with Gasteiger partial charge in [-0.15, -0.1) is 0 Å². The average molecular weight is 583 g/mol. The molecule has 14 nitrogen and oxygen atoms in total. The van der Waals surface area contributed by atoms with Crippen molar-refractivity contribution in [2.45, 2.75) is 57.0 Å². The van der Waals surface area contributed by atoms with E-state index in [9.17, 15) is 24.4 Å². The second kappa shape index (κ2) is 12.7. The number of rotatable bonds is 8. The molecule has 0 aliphatic carbocycles. The lowest BCUT2D eigenvalue weighted by Crippen LogP contribution is -2.75. The number of carbonyl (C=O) groups is 4. The average Bonchev–Trinajstić information content (AvgIpc) is 3.21. The van der Waals surface area contributed by atoms with Gasteiger partial charge in [0.25, 0.3) is 11.8 Å². The number of hydrogen-bond acceptors (Lipinski definition) is 9. The maximum Gasteiger partial charge on any atom is 0.323 e. The summed E-state index contributed by atoms with van der Waals surface area (Å²) in [4.78, 5) is 51.7. The minimum atomic E-state index is -1.34. The molecule has 4 amide bonds. The Hall–Kier alpha value is -4.24. The highest BCUT2D eigenvalue weighted by atomic mass is 16.7. The molecule has 2 aromatic rings. The number of anilines is 1. The molecule has 224 valence electrons. The second-order valence-electron chi connectivity index (χ2n) is 10.3. The van der Waals surface area contributed by atoms with E-state index >= 15 is 0 Å². The van der Waals surface area contributed by atoms with E-state index in [-0.39, 0.29) is 39.0 Å². The number of quaternary nitrogens is 1. The molecule has 0 bridgehead atoms. The van der Waals surface area contributed by atoms with Gasteiger partial charge in [0.15, 0.2) is 6.17 Å². The molecule has 5 rings (SSSR count). The maximum absolute atomic E-state index is 14.4. The van der Waals surface area contributed by atoms with Gasteiger partial charge in [-0.05, 0) is 17.7 Å². The van der Waals surface area contributed by atoms with E-state index in [1.165, 1.54) is 7.11 Å². The van der Waals surface area contributed by atoms with Crippen LogP contribution in [0.15, 0.2) is 54.6 Å². The van der Waals surface area contributed by atoms with Gasteiger partial charge < -0.3 is 30.1 Å². The van der Waals surface area contributed by atoms with Crippen LogP contribution in [0.3, 0.4) is 0 Å². The largest absolute Gasteiger partial charge is 0.604 e. The Morgan fingerprint density at radius 2 is 1.88 bits per heavy atom. The molecule has 0 aromatic heterocycles. The van der Waals surface area contributed by atoms with Crippen molar-refractivity contribution in [1.29, 1.82) is 0 Å². The fourth-order valence-electron chi connectivity index (χ4n) is 5.40. The fraction of sp³-hybridized carbons (Fsp3) is 0.429. The SMILES string of the molecule is COc1ccccc1NC(=O)NC1CCC(=O)N2C(C(=O)NC3CC(=O)OC3OCc3ccccc3)NCCC[N+]12[O-]. The van der Waals surface area contributed by atoms with E-state index in [0.29, 0.717) is 17.9 Å². The van der Waals surface area contributed by atoms with Gasteiger partial charge >= 0.3 is 12.0 Å². The molecule has 3 aliphatic rings. The number of cyclic esters (lactones) is 1. The van der Waals surface area contributed by atoms with Gasteiger partial charge in [-0.2, -0.15) is 5.01 Å². The zero-order chi connectivity index (χ0) is 29.7. The summed E-state index contributed by atoms with van der Waals surface area (Å²) < 4.78 is 15.1. The minimum Gasteiger partial charge on any atom is -0.604 e. The predicted octanol–water partition coefficient (Wildman–Crippen LogP) is 1.29. The van der Waals surface area contributed by atoms with Gasteiger partial charge in [0.1, 0.15) is 18.3 Å². The lowest BCUT2D eigenvalue weighted by Gasteiger charge is -2.56. The molecular weight excluding hydrogens is 548 g/mol. The number of urea groups is 1. The third kappa shape index (κ3) is 6.31. The third-order valence-corrected chi connectivity index (χ3v) is 7.43. The number of nitrogens with zero attached hydrogens (tertiary/aromatic N) is 2. The lowest BCUT2D eigenvalue weighted by molar-refractivity contribution is -1.01. The Morgan fingerprint density at radius 3 is 2.67 bits per heavy atom. The molecule has 5 unspecified atom stereocenters. The van der Waals surface area contributed by atoms with E-state index in [2.05, 4.69) is 21.3 Å². The van der Waals surface area contributed by atoms with Crippen LogP contribution >= 0.6 is 0 Å². The molecule has 14 heteroatoms. The molecule has 3 aliphatic heterocycles. The zero-order valence-electron chi connectivity index (χ0n) is 23.1. The number of fused-ring (bicyclic) bond motifs is 1. The Kier molecular flexibility index (Phi) is 8.87. The number of hydroxylamine groups is 2. The molecular formula is C28H34N6O8. The van der Waals surface area contributed by atoms with Crippen LogP contribution in [0.5, 0.6) is 5.75 Å². The third-order valence-electron chi connectivity index (χ3n) is 7.43. The van der Waals surface area contributed by atoms with Crippen LogP contribution in [0, 0.1) is 5.21 Å². The van der Waals surface area contributed by atoms with Gasteiger partial charge in [-0.1, -0.05) is 42.5 Å². The minimum absolute atomic E-state index is 0.0457. The number of methoxy groups -OCH3 is 1. The van der Waals surface area contributed by atoms with Crippen LogP contribution in [0.4, 0.5) is 10.5 Å². The topological polar surface area (TPSA) is 170 Å². The number of esters is 1. The number of carbonyl (C=O) groups excluding carboxylic acids is 4. The van der Waals surface area contributed by atoms with E-state index in [4.69, 9.17) is 14.2 Å². The molecule has 0 spiro atoms. The molecule has 3 saturated heterocycles. The van der Waals surface area contributed by atoms with Crippen LogP contribution in [0.2, 0.25) is 0 Å². The molecule has 0 saturated carbocycles. The monoisotopic (exact) mass is 582 g/mol. The number of amides is 4. The van der Waals surface area contributed by atoms with E-state index in [1.54, 1.807) is 24.3 Å². The first-order chi connectivity index (χ1) is 20.3. The Balaban J connectivity index is 1.28. The lowest BCUT2D eigenvalue weighted by atomic mass is 10.1. The number of ether oxygens (including phenoxy) is 3. The van der Waals surface area contributed by atoms with Gasteiger partial charge in [0, 0.05) is 25.8 Å². The smallest absolute Gasteiger partial charge is 0.323 e. The summed E-state index contributed by atoms with van der Waals surface area (Å²) in [5.74, 6) is -1.31. The summed E-state index contributed by atoms with van der Waals surface area (Å²) in [6.45, 7) is 0.385. The van der Waals surface area contributed by atoms with Crippen molar-refractivity contribution in [3.05, 3.63) is 65.4 Å². The summed E-state index contributed by atoms with van der Waals surface area (Å²) in [7, 11) is 1.47. The first-order valence-corrected chi connectivity index (χ1v) is 13.8. The standard InChI is InChI=1S/C28H34N6O8/c1-40-21-11-6-5-10-19(21)31-28(38)32-22-12-13-23(35)33-25(29-14-7-15-34(22,33)39)26(37)30-20-16-24(36)42-27(20)41-17-18-8-3-2-4-9-18/h2-6,8-11,20,22,25,27,29H,7,12-17H2,1H3,(H,30,37)(H2,31,32,38). The van der Waals surface area contributed by atoms with Crippen molar-refractivity contribution in [2.75, 3.05) is 25.5 Å². The zero-order valence-corrected chi connectivity index (χ0v) is 23.1. The molecule has 42 heavy (non-hydrogen) atoms. The highest BCUT2D eigenvalue weighted by Crippen LogP contribution is 2.31. The Bertz CT molecular complexity index is 1310. The number of para-hydroxylation sites is 2. The number of nitrogens with one attached hydrogen (secondary N) is 4. The molecule has 3 fully saturated rings. The number of benzene rings is 2. The number of hydrogen-bond donors (Lipinski definition) is 4. The first-order valence-electron chi connectivity index (χ1n) is 13.8. The van der Waals surface area contributed by atoms with Gasteiger partial charge in [0.05, 0.1) is 25.8 Å². The van der Waals surface area contributed by atoms with Gasteiger partial charge in [-0.25, -0.2) is 9.55 Å². The Labute approximate surface area is 242 Å². The Morgan fingerprint density at radius 1 is 1.12 bits per heavy atom. The quantitative estimate of drug-likeness (QED) is 0.203. The molecule has 4 N–H and O–H groups in total. The molecule has 2 aromatic carbocycles. The van der Waals surface area contributed by atoms with Crippen molar-refractivity contribution >= 4 is 29.5 Å². The van der Waals surface area contributed by atoms with Crippen molar-refractivity contribution < 1.29 is 38.1 Å². The van der Waals surface area contributed by atoms with Gasteiger partial charge in [0.2, 0.25) is 12.5 Å². The second-order valence-corrected chi connectivity index (χ2v) is 10.3. The predicted molar refractivity (Wildman–Crippen MR) is 148 cm³/mol. The summed E-state index contributed by atoms with van der Waals surface area (Å²) in [5, 5.41) is 26.4. The first kappa shape index (κ1) is 29.3.